The number of rotatable bonds is 18. The molecule has 260 valence electrons. The van der Waals surface area contributed by atoms with Crippen LogP contribution >= 0.6 is 0 Å². The van der Waals surface area contributed by atoms with Crippen LogP contribution in [0, 0.1) is 6.92 Å². The van der Waals surface area contributed by atoms with Crippen molar-refractivity contribution in [3.63, 3.8) is 0 Å². The van der Waals surface area contributed by atoms with Crippen LogP contribution in [0.1, 0.15) is 116 Å². The van der Waals surface area contributed by atoms with Crippen molar-refractivity contribution in [2.24, 2.45) is 0 Å². The Labute approximate surface area is 349 Å². The maximum Gasteiger partial charge on any atom is 2.00 e. The van der Waals surface area contributed by atoms with Gasteiger partial charge in [0.2, 0.25) is 0 Å². The Morgan fingerprint density at radius 3 is 1.06 bits per heavy atom. The molecule has 0 radical (unpaired) electrons. The summed E-state index contributed by atoms with van der Waals surface area (Å²) in [6, 6.07) is 23.1. The molecule has 0 saturated carbocycles. The van der Waals surface area contributed by atoms with Gasteiger partial charge in [-0.05, 0) is 33.7 Å². The Morgan fingerprint density at radius 2 is 0.755 bits per heavy atom. The molecule has 49 heavy (non-hydrogen) atoms. The molecule has 0 aliphatic carbocycles. The number of fused-ring (bicyclic) bond motifs is 2. The van der Waals surface area contributed by atoms with Crippen LogP contribution in [0.5, 0.6) is 0 Å². The second-order valence-corrected chi connectivity index (χ2v) is 14.7. The first kappa shape index (κ1) is 48.5. The molecule has 4 rings (SSSR count). The molecule has 0 atom stereocenters. The zero-order valence-electron chi connectivity index (χ0n) is 29.8. The monoisotopic (exact) mass is 744 g/mol. The normalized spacial score (nSPS) is 11.0. The Morgan fingerprint density at radius 1 is 0.469 bits per heavy atom. The van der Waals surface area contributed by atoms with Crippen LogP contribution in [0.4, 0.5) is 0 Å². The smallest absolute Gasteiger partial charge is 0.744 e. The summed E-state index contributed by atoms with van der Waals surface area (Å²) in [6.45, 7) is 6.18. The van der Waals surface area contributed by atoms with Gasteiger partial charge >= 0.3 is 67.3 Å². The minimum Gasteiger partial charge on any atom is -0.744 e. The van der Waals surface area contributed by atoms with E-state index in [1.54, 1.807) is 72.8 Å². The minimum atomic E-state index is -4.38. The molecule has 0 heterocycles. The van der Waals surface area contributed by atoms with E-state index in [2.05, 4.69) is 13.8 Å². The van der Waals surface area contributed by atoms with Gasteiger partial charge in [0.15, 0.2) is 0 Å². The van der Waals surface area contributed by atoms with Crippen molar-refractivity contribution in [3.05, 3.63) is 91.9 Å². The maximum absolute atomic E-state index is 10.9. The number of hydrogen-bond acceptors (Lipinski definition) is 6. The van der Waals surface area contributed by atoms with Crippen molar-refractivity contribution < 1.29 is 55.5 Å². The predicted molar refractivity (Wildman–Crippen MR) is 199 cm³/mol. The van der Waals surface area contributed by atoms with Crippen molar-refractivity contribution in [2.75, 3.05) is 0 Å². The van der Waals surface area contributed by atoms with Crippen LogP contribution < -0.4 is 29.6 Å². The van der Waals surface area contributed by atoms with E-state index in [0.29, 0.717) is 10.8 Å². The van der Waals surface area contributed by atoms with Crippen LogP contribution in [-0.2, 0) is 20.2 Å². The molecular formula is C39H53CaNaO6S2. The Balaban J connectivity index is 0.000000699. The van der Waals surface area contributed by atoms with Gasteiger partial charge in [0.1, 0.15) is 20.2 Å². The van der Waals surface area contributed by atoms with Gasteiger partial charge in [0.25, 0.3) is 0 Å². The molecule has 0 amide bonds. The average Bonchev–Trinajstić information content (AvgIpc) is 3.06. The molecule has 0 aliphatic rings. The maximum atomic E-state index is 10.9. The molecular weight excluding hydrogens is 692 g/mol. The number of hydrogen-bond donors (Lipinski definition) is 0. The summed E-state index contributed by atoms with van der Waals surface area (Å²) >= 11 is 0. The van der Waals surface area contributed by atoms with Gasteiger partial charge in [-0.2, -0.15) is 6.42 Å². The second-order valence-electron chi connectivity index (χ2n) is 12.0. The summed E-state index contributed by atoms with van der Waals surface area (Å²) in [4.78, 5) is -0.314. The summed E-state index contributed by atoms with van der Waals surface area (Å²) < 4.78 is 65.3. The van der Waals surface area contributed by atoms with Crippen molar-refractivity contribution in [1.29, 1.82) is 0 Å². The molecule has 6 nitrogen and oxygen atoms in total. The van der Waals surface area contributed by atoms with Crippen molar-refractivity contribution in [1.82, 2.24) is 0 Å². The third-order valence-electron chi connectivity index (χ3n) is 8.14. The third kappa shape index (κ3) is 20.3. The van der Waals surface area contributed by atoms with Gasteiger partial charge in [-0.15, -0.1) is 0 Å². The van der Waals surface area contributed by atoms with Gasteiger partial charge in [0, 0.05) is 0 Å². The van der Waals surface area contributed by atoms with E-state index in [1.807, 2.05) is 0 Å². The molecule has 0 unspecified atom stereocenters. The molecule has 4 aromatic carbocycles. The van der Waals surface area contributed by atoms with Crippen LogP contribution in [0.25, 0.3) is 21.5 Å². The van der Waals surface area contributed by atoms with Gasteiger partial charge in [-0.1, -0.05) is 182 Å². The summed E-state index contributed by atoms with van der Waals surface area (Å²) in [7, 11) is -8.76. The van der Waals surface area contributed by atoms with E-state index in [1.165, 1.54) is 115 Å². The molecule has 10 heteroatoms. The summed E-state index contributed by atoms with van der Waals surface area (Å²) in [5, 5.41) is 2.46. The Kier molecular flexibility index (Phi) is 27.7. The molecule has 0 N–H and O–H groups in total. The number of unbranched alkanes of at least 4 members (excludes halogenated alkanes) is 16. The van der Waals surface area contributed by atoms with Gasteiger partial charge in [-0.25, -0.2) is 16.8 Å². The predicted octanol–water partition coefficient (Wildman–Crippen LogP) is 7.58. The van der Waals surface area contributed by atoms with Crippen molar-refractivity contribution >= 4 is 79.5 Å². The van der Waals surface area contributed by atoms with E-state index in [-0.39, 0.29) is 77.1 Å². The van der Waals surface area contributed by atoms with Crippen LogP contribution in [-0.4, -0.2) is 63.7 Å². The molecule has 0 bridgehead atoms. The molecule has 0 fully saturated rings. The minimum absolute atomic E-state index is 0. The van der Waals surface area contributed by atoms with E-state index >= 15 is 0 Å². The Hall–Kier alpha value is -0.520. The van der Waals surface area contributed by atoms with Crippen LogP contribution in [0.15, 0.2) is 94.7 Å². The van der Waals surface area contributed by atoms with E-state index in [0.717, 1.165) is 17.2 Å². The summed E-state index contributed by atoms with van der Waals surface area (Å²) in [5.41, 5.74) is 0. The zero-order chi connectivity index (χ0) is 34.4. The summed E-state index contributed by atoms with van der Waals surface area (Å²) in [6.07, 6.45) is 24.3. The quantitative estimate of drug-likeness (QED) is 0.0449. The molecule has 0 spiro atoms. The topological polar surface area (TPSA) is 114 Å². The largest absolute Gasteiger partial charge is 2.00 e. The van der Waals surface area contributed by atoms with E-state index < -0.39 is 20.2 Å². The fourth-order valence-electron chi connectivity index (χ4n) is 5.55. The van der Waals surface area contributed by atoms with Crippen molar-refractivity contribution in [2.45, 2.75) is 126 Å². The van der Waals surface area contributed by atoms with Crippen molar-refractivity contribution in [3.8, 4) is 0 Å². The van der Waals surface area contributed by atoms with E-state index in [9.17, 15) is 25.9 Å². The standard InChI is InChI=1S/C19H39.2C10H8O3S.Ca.Na/c1-3-5-7-9-11-13-15-17-19-18-16-14-12-10-8-6-4-2;2*11-14(12,13)10-7-3-5-8-4-1-2-6-9(8)10;;/h1,3-19H2,2H3;2*1-7H,(H,11,12,13);;/q-1;;;+2;+1/p-2. The first-order chi connectivity index (χ1) is 22.6. The average molecular weight is 745 g/mol. The van der Waals surface area contributed by atoms with Gasteiger partial charge in [-0.3, -0.25) is 0 Å². The molecule has 0 saturated heterocycles. The van der Waals surface area contributed by atoms with Gasteiger partial charge < -0.3 is 16.0 Å². The van der Waals surface area contributed by atoms with Crippen LogP contribution in [0.2, 0.25) is 0 Å². The first-order valence-electron chi connectivity index (χ1n) is 17.3. The SMILES string of the molecule is O=S(=O)([O-])c1cccc2ccccc12.O=S(=O)([O-])c1cccc2ccccc12.[CH2-]CCCCCCCCCCCCCCCCCC.[Ca+2].[Na+]. The summed E-state index contributed by atoms with van der Waals surface area (Å²) in [5.74, 6) is 0. The zero-order valence-corrected chi connectivity index (χ0v) is 35.6. The van der Waals surface area contributed by atoms with Crippen LogP contribution in [0.3, 0.4) is 0 Å². The Bertz CT molecular complexity index is 1530. The number of benzene rings is 4. The fraction of sp³-hybridized carbons (Fsp3) is 0.462. The van der Waals surface area contributed by atoms with E-state index in [4.69, 9.17) is 0 Å². The fourth-order valence-corrected chi connectivity index (χ4v) is 6.95. The first-order valence-corrected chi connectivity index (χ1v) is 20.1. The molecule has 4 aromatic rings. The molecule has 0 aliphatic heterocycles. The van der Waals surface area contributed by atoms with Gasteiger partial charge in [0.05, 0.1) is 9.79 Å². The second kappa shape index (κ2) is 28.0. The third-order valence-corrected chi connectivity index (χ3v) is 9.93. The molecule has 0 aromatic heterocycles.